The summed E-state index contributed by atoms with van der Waals surface area (Å²) in [6.07, 6.45) is 4.49. The van der Waals surface area contributed by atoms with Gasteiger partial charge in [0.05, 0.1) is 11.1 Å². The van der Waals surface area contributed by atoms with Gasteiger partial charge in [-0.15, -0.1) is 0 Å². The molecular weight excluding hydrogens is 336 g/mol. The minimum atomic E-state index is -3.38. The molecule has 6 nitrogen and oxygen atoms in total. The van der Waals surface area contributed by atoms with Gasteiger partial charge in [-0.05, 0) is 25.0 Å². The Labute approximate surface area is 149 Å². The lowest BCUT2D eigenvalue weighted by molar-refractivity contribution is 0.181. The highest BCUT2D eigenvalue weighted by molar-refractivity contribution is 7.89. The van der Waals surface area contributed by atoms with Crippen LogP contribution in [0.4, 0.5) is 0 Å². The van der Waals surface area contributed by atoms with E-state index in [-0.39, 0.29) is 0 Å². The van der Waals surface area contributed by atoms with E-state index < -0.39 is 10.0 Å². The first-order valence-electron chi connectivity index (χ1n) is 8.84. The highest BCUT2D eigenvalue weighted by Gasteiger charge is 2.32. The van der Waals surface area contributed by atoms with Gasteiger partial charge in [0.15, 0.2) is 0 Å². The van der Waals surface area contributed by atoms with Crippen LogP contribution in [-0.2, 0) is 23.6 Å². The number of hydrogen-bond acceptors (Lipinski definition) is 4. The summed E-state index contributed by atoms with van der Waals surface area (Å²) < 4.78 is 29.0. The summed E-state index contributed by atoms with van der Waals surface area (Å²) in [4.78, 5) is 2.71. The first-order valence-corrected chi connectivity index (χ1v) is 10.3. The molecule has 0 amide bonds. The lowest BCUT2D eigenvalue weighted by Gasteiger charge is -2.34. The Hall–Kier alpha value is -1.70. The number of piperazine rings is 1. The lowest BCUT2D eigenvalue weighted by atomic mass is 10.1. The predicted octanol–water partition coefficient (Wildman–Crippen LogP) is 1.80. The van der Waals surface area contributed by atoms with Crippen LogP contribution in [-0.4, -0.2) is 53.6 Å². The summed E-state index contributed by atoms with van der Waals surface area (Å²) in [6.45, 7) is 3.45. The largest absolute Gasteiger partial charge is 0.296 e. The molecule has 0 unspecified atom stereocenters. The van der Waals surface area contributed by atoms with E-state index in [9.17, 15) is 8.42 Å². The molecule has 2 heterocycles. The fourth-order valence-corrected chi connectivity index (χ4v) is 5.05. The zero-order valence-corrected chi connectivity index (χ0v) is 15.3. The van der Waals surface area contributed by atoms with Crippen molar-refractivity contribution < 1.29 is 8.42 Å². The van der Waals surface area contributed by atoms with Gasteiger partial charge in [-0.1, -0.05) is 18.2 Å². The number of hydrogen-bond donors (Lipinski definition) is 0. The van der Waals surface area contributed by atoms with Gasteiger partial charge in [0.2, 0.25) is 10.0 Å². The molecule has 1 saturated carbocycles. The SMILES string of the molecule is Cn1ncc(CN2CCN(S(=O)(=O)c3ccccc3)CC2)c1C1CC1. The molecule has 1 aromatic heterocycles. The molecule has 2 aliphatic rings. The second-order valence-electron chi connectivity index (χ2n) is 6.95. The predicted molar refractivity (Wildman–Crippen MR) is 95.7 cm³/mol. The highest BCUT2D eigenvalue weighted by atomic mass is 32.2. The summed E-state index contributed by atoms with van der Waals surface area (Å²) in [7, 11) is -1.36. The molecule has 0 radical (unpaired) electrons. The van der Waals surface area contributed by atoms with Gasteiger partial charge in [0, 0.05) is 56.9 Å². The normalized spacial score (nSPS) is 20.0. The molecule has 7 heteroatoms. The molecule has 2 fully saturated rings. The summed E-state index contributed by atoms with van der Waals surface area (Å²) >= 11 is 0. The van der Waals surface area contributed by atoms with Gasteiger partial charge in [-0.2, -0.15) is 9.40 Å². The van der Waals surface area contributed by atoms with E-state index in [1.165, 1.54) is 24.1 Å². The minimum absolute atomic E-state index is 0.381. The maximum atomic E-state index is 12.7. The van der Waals surface area contributed by atoms with Crippen LogP contribution in [0.3, 0.4) is 0 Å². The summed E-state index contributed by atoms with van der Waals surface area (Å²) in [5.41, 5.74) is 2.66. The molecule has 1 aliphatic carbocycles. The van der Waals surface area contributed by atoms with Gasteiger partial charge in [-0.3, -0.25) is 9.58 Å². The number of benzene rings is 1. The molecular formula is C18H24N4O2S. The first-order chi connectivity index (χ1) is 12.1. The number of nitrogens with zero attached hydrogens (tertiary/aromatic N) is 4. The third-order valence-corrected chi connectivity index (χ3v) is 7.05. The third kappa shape index (κ3) is 3.36. The van der Waals surface area contributed by atoms with Gasteiger partial charge in [-0.25, -0.2) is 8.42 Å². The Morgan fingerprint density at radius 2 is 1.76 bits per heavy atom. The van der Waals surface area contributed by atoms with Gasteiger partial charge >= 0.3 is 0 Å². The van der Waals surface area contributed by atoms with E-state index in [0.717, 1.165) is 19.6 Å². The van der Waals surface area contributed by atoms with E-state index >= 15 is 0 Å². The van der Waals surface area contributed by atoms with E-state index in [1.807, 2.05) is 24.0 Å². The van der Waals surface area contributed by atoms with Crippen LogP contribution in [0.25, 0.3) is 0 Å². The molecule has 4 rings (SSSR count). The van der Waals surface area contributed by atoms with Crippen molar-refractivity contribution in [2.45, 2.75) is 30.2 Å². The Kier molecular flexibility index (Phi) is 4.39. The zero-order valence-electron chi connectivity index (χ0n) is 14.5. The van der Waals surface area contributed by atoms with Gasteiger partial charge < -0.3 is 0 Å². The molecule has 0 N–H and O–H groups in total. The number of rotatable bonds is 5. The van der Waals surface area contributed by atoms with Crippen molar-refractivity contribution in [3.63, 3.8) is 0 Å². The van der Waals surface area contributed by atoms with Gasteiger partial charge in [0.1, 0.15) is 0 Å². The van der Waals surface area contributed by atoms with Crippen LogP contribution in [0.5, 0.6) is 0 Å². The van der Waals surface area contributed by atoms with Crippen LogP contribution in [0.1, 0.15) is 30.0 Å². The molecule has 134 valence electrons. The van der Waals surface area contributed by atoms with E-state index in [4.69, 9.17) is 0 Å². The van der Waals surface area contributed by atoms with Crippen molar-refractivity contribution in [3.05, 3.63) is 47.8 Å². The van der Waals surface area contributed by atoms with Crippen molar-refractivity contribution in [1.82, 2.24) is 19.0 Å². The Bertz CT molecular complexity index is 835. The van der Waals surface area contributed by atoms with Crippen molar-refractivity contribution in [2.24, 2.45) is 7.05 Å². The number of sulfonamides is 1. The lowest BCUT2D eigenvalue weighted by Crippen LogP contribution is -2.48. The quantitative estimate of drug-likeness (QED) is 0.816. The molecule has 1 saturated heterocycles. The van der Waals surface area contributed by atoms with Crippen molar-refractivity contribution in [2.75, 3.05) is 26.2 Å². The van der Waals surface area contributed by atoms with Crippen LogP contribution < -0.4 is 0 Å². The topological polar surface area (TPSA) is 58.4 Å². The van der Waals surface area contributed by atoms with Gasteiger partial charge in [0.25, 0.3) is 0 Å². The maximum Gasteiger partial charge on any atom is 0.243 e. The maximum absolute atomic E-state index is 12.7. The summed E-state index contributed by atoms with van der Waals surface area (Å²) in [6, 6.07) is 8.71. The Morgan fingerprint density at radius 3 is 2.40 bits per heavy atom. The van der Waals surface area contributed by atoms with Crippen molar-refractivity contribution in [1.29, 1.82) is 0 Å². The first kappa shape index (κ1) is 16.8. The zero-order chi connectivity index (χ0) is 17.4. The molecule has 0 spiro atoms. The third-order valence-electron chi connectivity index (χ3n) is 5.13. The van der Waals surface area contributed by atoms with Crippen molar-refractivity contribution >= 4 is 10.0 Å². The van der Waals surface area contributed by atoms with Crippen molar-refractivity contribution in [3.8, 4) is 0 Å². The molecule has 0 bridgehead atoms. The van der Waals surface area contributed by atoms with Crippen LogP contribution in [0.15, 0.2) is 41.4 Å². The van der Waals surface area contributed by atoms with Crippen LogP contribution in [0, 0.1) is 0 Å². The monoisotopic (exact) mass is 360 g/mol. The smallest absolute Gasteiger partial charge is 0.243 e. The summed E-state index contributed by atoms with van der Waals surface area (Å²) in [5, 5.41) is 4.42. The standard InChI is InChI=1S/C18H24N4O2S/c1-20-18(15-7-8-15)16(13-19-20)14-21-9-11-22(12-10-21)25(23,24)17-5-3-2-4-6-17/h2-6,13,15H,7-12,14H2,1H3. The number of aromatic nitrogens is 2. The fraction of sp³-hybridized carbons (Fsp3) is 0.500. The van der Waals surface area contributed by atoms with Crippen LogP contribution >= 0.6 is 0 Å². The van der Waals surface area contributed by atoms with E-state index in [0.29, 0.717) is 23.9 Å². The Morgan fingerprint density at radius 1 is 1.08 bits per heavy atom. The average molecular weight is 360 g/mol. The van der Waals surface area contributed by atoms with E-state index in [1.54, 1.807) is 28.6 Å². The average Bonchev–Trinajstić information content (AvgIpc) is 3.40. The Balaban J connectivity index is 1.41. The van der Waals surface area contributed by atoms with E-state index in [2.05, 4.69) is 10.00 Å². The molecule has 2 aromatic rings. The number of aryl methyl sites for hydroxylation is 1. The molecule has 1 aliphatic heterocycles. The molecule has 0 atom stereocenters. The van der Waals surface area contributed by atoms with Crippen LogP contribution in [0.2, 0.25) is 0 Å². The second-order valence-corrected chi connectivity index (χ2v) is 8.88. The minimum Gasteiger partial charge on any atom is -0.296 e. The fourth-order valence-electron chi connectivity index (χ4n) is 3.61. The highest BCUT2D eigenvalue weighted by Crippen LogP contribution is 2.41. The summed E-state index contributed by atoms with van der Waals surface area (Å²) in [5.74, 6) is 0.669. The molecule has 1 aromatic carbocycles. The second kappa shape index (κ2) is 6.55. The molecule has 25 heavy (non-hydrogen) atoms.